The first-order chi connectivity index (χ1) is 16.8. The summed E-state index contributed by atoms with van der Waals surface area (Å²) in [7, 11) is 0. The largest absolute Gasteiger partial charge is 0.391 e. The molecule has 4 rings (SSSR count). The summed E-state index contributed by atoms with van der Waals surface area (Å²) in [5, 5.41) is 8.92. The first-order valence-electron chi connectivity index (χ1n) is 12.1. The molecule has 6 nitrogen and oxygen atoms in total. The molecular weight excluding hydrogens is 457 g/mol. The number of benzene rings is 2. The number of carbonyl (C=O) groups is 2. The van der Waals surface area contributed by atoms with E-state index in [1.165, 1.54) is 5.56 Å². The van der Waals surface area contributed by atoms with Crippen LogP contribution in [-0.4, -0.2) is 44.2 Å². The van der Waals surface area contributed by atoms with Gasteiger partial charge in [0.1, 0.15) is 0 Å². The molecule has 0 saturated carbocycles. The van der Waals surface area contributed by atoms with E-state index < -0.39 is 12.1 Å². The number of hydrogen-bond donors (Lipinski definition) is 3. The van der Waals surface area contributed by atoms with Crippen molar-refractivity contribution in [2.24, 2.45) is 11.8 Å². The third-order valence-electron chi connectivity index (χ3n) is 6.72. The Kier molecular flexibility index (Phi) is 7.83. The summed E-state index contributed by atoms with van der Waals surface area (Å²) >= 11 is 0. The third-order valence-corrected chi connectivity index (χ3v) is 6.72. The molecular formula is C26H31F3N4O2. The van der Waals surface area contributed by atoms with Gasteiger partial charge in [-0.1, -0.05) is 12.1 Å². The van der Waals surface area contributed by atoms with Gasteiger partial charge >= 0.3 is 6.18 Å². The zero-order valence-corrected chi connectivity index (χ0v) is 19.5. The van der Waals surface area contributed by atoms with Gasteiger partial charge in [-0.05, 0) is 67.6 Å². The lowest BCUT2D eigenvalue weighted by atomic mass is 9.96. The van der Waals surface area contributed by atoms with Crippen LogP contribution >= 0.6 is 0 Å². The van der Waals surface area contributed by atoms with Crippen molar-refractivity contribution in [1.29, 1.82) is 0 Å². The van der Waals surface area contributed by atoms with Crippen LogP contribution in [0, 0.1) is 11.8 Å². The molecule has 2 aromatic carbocycles. The van der Waals surface area contributed by atoms with Gasteiger partial charge in [-0.2, -0.15) is 13.2 Å². The van der Waals surface area contributed by atoms with Crippen molar-refractivity contribution in [3.8, 4) is 0 Å². The smallest absolute Gasteiger partial charge is 0.372 e. The molecule has 1 atom stereocenters. The number of halogens is 3. The number of rotatable bonds is 8. The number of anilines is 3. The summed E-state index contributed by atoms with van der Waals surface area (Å²) in [6, 6.07) is 15.8. The third kappa shape index (κ3) is 6.90. The van der Waals surface area contributed by atoms with E-state index in [4.69, 9.17) is 0 Å². The SMILES string of the molecule is O=C1CC(C(=O)NCCCc2ccc(Nc3ccc(N4CCC(C(F)(F)F)CC4)cc3)cc2)CN1. The van der Waals surface area contributed by atoms with Gasteiger partial charge in [-0.25, -0.2) is 0 Å². The van der Waals surface area contributed by atoms with Crippen molar-refractivity contribution in [3.05, 3.63) is 54.1 Å². The van der Waals surface area contributed by atoms with Crippen molar-refractivity contribution in [2.75, 3.05) is 36.4 Å². The van der Waals surface area contributed by atoms with Crippen molar-refractivity contribution < 1.29 is 22.8 Å². The Morgan fingerprint density at radius 3 is 2.20 bits per heavy atom. The highest BCUT2D eigenvalue weighted by Gasteiger charge is 2.41. The Morgan fingerprint density at radius 2 is 1.63 bits per heavy atom. The highest BCUT2D eigenvalue weighted by atomic mass is 19.4. The molecule has 2 aliphatic rings. The van der Waals surface area contributed by atoms with E-state index in [1.54, 1.807) is 0 Å². The monoisotopic (exact) mass is 488 g/mol. The fourth-order valence-electron chi connectivity index (χ4n) is 4.58. The maximum Gasteiger partial charge on any atom is 0.391 e. The molecule has 1 unspecified atom stereocenters. The molecule has 2 heterocycles. The zero-order chi connectivity index (χ0) is 24.8. The molecule has 2 amide bonds. The van der Waals surface area contributed by atoms with E-state index in [9.17, 15) is 22.8 Å². The molecule has 2 saturated heterocycles. The Morgan fingerprint density at radius 1 is 1.00 bits per heavy atom. The Labute approximate surface area is 203 Å². The van der Waals surface area contributed by atoms with Crippen molar-refractivity contribution >= 4 is 28.9 Å². The van der Waals surface area contributed by atoms with Crippen LogP contribution in [0.2, 0.25) is 0 Å². The van der Waals surface area contributed by atoms with Gasteiger partial charge in [0.2, 0.25) is 11.8 Å². The van der Waals surface area contributed by atoms with Crippen molar-refractivity contribution in [3.63, 3.8) is 0 Å². The van der Waals surface area contributed by atoms with E-state index in [2.05, 4.69) is 16.0 Å². The minimum absolute atomic E-state index is 0.0697. The fourth-order valence-corrected chi connectivity index (χ4v) is 4.58. The number of hydrogen-bond acceptors (Lipinski definition) is 4. The highest BCUT2D eigenvalue weighted by molar-refractivity contribution is 5.89. The van der Waals surface area contributed by atoms with Crippen LogP contribution in [0.3, 0.4) is 0 Å². The first-order valence-corrected chi connectivity index (χ1v) is 12.1. The summed E-state index contributed by atoms with van der Waals surface area (Å²) < 4.78 is 38.6. The molecule has 3 N–H and O–H groups in total. The van der Waals surface area contributed by atoms with Gasteiger partial charge in [0.05, 0.1) is 11.8 Å². The molecule has 35 heavy (non-hydrogen) atoms. The van der Waals surface area contributed by atoms with Crippen LogP contribution < -0.4 is 20.9 Å². The standard InChI is InChI=1S/C26H31F3N4O2/c27-26(28,29)20-11-14-33(15-12-20)23-9-7-22(8-10-23)32-21-5-3-18(4-6-21)2-1-13-30-25(35)19-16-24(34)31-17-19/h3-10,19-20,32H,1-2,11-17H2,(H,30,35)(H,31,34). The van der Waals surface area contributed by atoms with Gasteiger partial charge in [-0.15, -0.1) is 0 Å². The maximum absolute atomic E-state index is 12.9. The lowest BCUT2D eigenvalue weighted by Gasteiger charge is -2.34. The molecule has 0 radical (unpaired) electrons. The molecule has 2 aliphatic heterocycles. The number of alkyl halides is 3. The average molecular weight is 489 g/mol. The first kappa shape index (κ1) is 24.9. The number of carbonyl (C=O) groups excluding carboxylic acids is 2. The molecule has 0 spiro atoms. The van der Waals surface area contributed by atoms with E-state index >= 15 is 0 Å². The van der Waals surface area contributed by atoms with Gasteiger partial charge in [0.15, 0.2) is 0 Å². The lowest BCUT2D eigenvalue weighted by Crippen LogP contribution is -2.38. The van der Waals surface area contributed by atoms with Gasteiger partial charge in [0, 0.05) is 49.7 Å². The molecule has 0 aliphatic carbocycles. The lowest BCUT2D eigenvalue weighted by molar-refractivity contribution is -0.179. The topological polar surface area (TPSA) is 73.5 Å². The summed E-state index contributed by atoms with van der Waals surface area (Å²) in [6.45, 7) is 1.82. The van der Waals surface area contributed by atoms with Crippen LogP contribution in [-0.2, 0) is 16.0 Å². The molecule has 0 bridgehead atoms. The second-order valence-electron chi connectivity index (χ2n) is 9.27. The maximum atomic E-state index is 12.9. The van der Waals surface area contributed by atoms with Crippen LogP contribution in [0.25, 0.3) is 0 Å². The van der Waals surface area contributed by atoms with Crippen LogP contribution in [0.4, 0.5) is 30.2 Å². The summed E-state index contributed by atoms with van der Waals surface area (Å²) in [6.07, 6.45) is -1.90. The summed E-state index contributed by atoms with van der Waals surface area (Å²) in [4.78, 5) is 25.2. The quantitative estimate of drug-likeness (QED) is 0.482. The number of piperidine rings is 1. The Hall–Kier alpha value is -3.23. The van der Waals surface area contributed by atoms with Gasteiger partial charge < -0.3 is 20.9 Å². The molecule has 2 aromatic rings. The number of aryl methyl sites for hydroxylation is 1. The highest BCUT2D eigenvalue weighted by Crippen LogP contribution is 2.35. The number of nitrogens with one attached hydrogen (secondary N) is 3. The normalized spacial score (nSPS) is 18.9. The van der Waals surface area contributed by atoms with E-state index in [-0.39, 0.29) is 37.0 Å². The van der Waals surface area contributed by atoms with E-state index in [0.717, 1.165) is 29.9 Å². The zero-order valence-electron chi connectivity index (χ0n) is 19.5. The number of amides is 2. The molecule has 9 heteroatoms. The Bertz CT molecular complexity index is 1000. The minimum Gasteiger partial charge on any atom is -0.372 e. The molecule has 2 fully saturated rings. The van der Waals surface area contributed by atoms with Crippen molar-refractivity contribution in [2.45, 2.75) is 38.3 Å². The van der Waals surface area contributed by atoms with Crippen molar-refractivity contribution in [1.82, 2.24) is 10.6 Å². The van der Waals surface area contributed by atoms with E-state index in [0.29, 0.717) is 26.2 Å². The number of nitrogens with zero attached hydrogens (tertiary/aromatic N) is 1. The minimum atomic E-state index is -4.10. The predicted octanol–water partition coefficient (Wildman–Crippen LogP) is 4.39. The van der Waals surface area contributed by atoms with Gasteiger partial charge in [0.25, 0.3) is 0 Å². The summed E-state index contributed by atoms with van der Waals surface area (Å²) in [5.74, 6) is -1.59. The second kappa shape index (κ2) is 11.0. The Balaban J connectivity index is 1.19. The van der Waals surface area contributed by atoms with Crippen LogP contribution in [0.5, 0.6) is 0 Å². The van der Waals surface area contributed by atoms with Gasteiger partial charge in [-0.3, -0.25) is 9.59 Å². The van der Waals surface area contributed by atoms with Crippen LogP contribution in [0.15, 0.2) is 48.5 Å². The van der Waals surface area contributed by atoms with Crippen LogP contribution in [0.1, 0.15) is 31.2 Å². The average Bonchev–Trinajstić information content (AvgIpc) is 3.29. The fraction of sp³-hybridized carbons (Fsp3) is 0.462. The second-order valence-corrected chi connectivity index (χ2v) is 9.27. The van der Waals surface area contributed by atoms with E-state index in [1.807, 2.05) is 53.4 Å². The predicted molar refractivity (Wildman–Crippen MR) is 130 cm³/mol. The summed E-state index contributed by atoms with van der Waals surface area (Å²) in [5.41, 5.74) is 3.96. The molecule has 0 aromatic heterocycles. The molecule has 188 valence electrons.